The van der Waals surface area contributed by atoms with Crippen molar-refractivity contribution in [2.45, 2.75) is 23.2 Å². The maximum Gasteiger partial charge on any atom is 0.264 e. The number of fused-ring (bicyclic) bond motifs is 1. The zero-order valence-corrected chi connectivity index (χ0v) is 16.5. The first kappa shape index (κ1) is 17.5. The van der Waals surface area contributed by atoms with Crippen molar-refractivity contribution in [3.8, 4) is 0 Å². The monoisotopic (exact) mass is 403 g/mol. The lowest BCUT2D eigenvalue weighted by Gasteiger charge is -2.23. The molecule has 8 heteroatoms. The molecule has 3 heterocycles. The van der Waals surface area contributed by atoms with Crippen molar-refractivity contribution >= 4 is 62.2 Å². The molecule has 134 valence electrons. The van der Waals surface area contributed by atoms with Gasteiger partial charge in [-0.3, -0.25) is 9.59 Å². The Balaban J connectivity index is 1.51. The van der Waals surface area contributed by atoms with Crippen molar-refractivity contribution in [3.63, 3.8) is 0 Å². The summed E-state index contributed by atoms with van der Waals surface area (Å²) in [6.07, 6.45) is 3.54. The lowest BCUT2D eigenvalue weighted by atomic mass is 10.2. The number of nitrogens with one attached hydrogen (secondary N) is 1. The van der Waals surface area contributed by atoms with E-state index in [1.165, 1.54) is 11.3 Å². The number of thiazole rings is 1. The number of likely N-dealkylation sites (tertiary alicyclic amines) is 1. The second kappa shape index (κ2) is 7.38. The van der Waals surface area contributed by atoms with Gasteiger partial charge in [-0.15, -0.1) is 22.7 Å². The first-order chi connectivity index (χ1) is 12.7. The minimum atomic E-state index is -0.413. The van der Waals surface area contributed by atoms with E-state index in [1.54, 1.807) is 34.1 Å². The lowest BCUT2D eigenvalue weighted by Crippen LogP contribution is -2.42. The summed E-state index contributed by atoms with van der Waals surface area (Å²) in [5, 5.41) is 4.86. The maximum atomic E-state index is 12.8. The van der Waals surface area contributed by atoms with E-state index >= 15 is 0 Å². The topological polar surface area (TPSA) is 62.3 Å². The average Bonchev–Trinajstić information content (AvgIpc) is 3.39. The van der Waals surface area contributed by atoms with Gasteiger partial charge < -0.3 is 10.2 Å². The molecule has 2 aromatic heterocycles. The van der Waals surface area contributed by atoms with E-state index in [-0.39, 0.29) is 11.8 Å². The average molecular weight is 404 g/mol. The Morgan fingerprint density at radius 2 is 2.23 bits per heavy atom. The predicted octanol–water partition coefficient (Wildman–Crippen LogP) is 4.32. The van der Waals surface area contributed by atoms with Crippen molar-refractivity contribution in [2.75, 3.05) is 18.1 Å². The van der Waals surface area contributed by atoms with Gasteiger partial charge in [0.25, 0.3) is 5.91 Å². The second-order valence-electron chi connectivity index (χ2n) is 5.99. The molecule has 1 saturated heterocycles. The van der Waals surface area contributed by atoms with Gasteiger partial charge in [0.15, 0.2) is 4.34 Å². The minimum absolute atomic E-state index is 0.0554. The fraction of sp³-hybridized carbons (Fsp3) is 0.278. The van der Waals surface area contributed by atoms with Crippen molar-refractivity contribution in [1.29, 1.82) is 0 Å². The van der Waals surface area contributed by atoms with Crippen LogP contribution >= 0.6 is 34.4 Å². The Morgan fingerprint density at radius 1 is 1.35 bits per heavy atom. The largest absolute Gasteiger partial charge is 0.326 e. The zero-order valence-electron chi connectivity index (χ0n) is 14.1. The standard InChI is InChI=1S/C18H17N3O2S3/c1-24-18-20-12-7-6-11(10-15(12)26-18)19-16(22)13-4-2-8-21(13)17(23)14-5-3-9-25-14/h3,5-7,9-10,13H,2,4,8H2,1H3,(H,19,22)/t13-/m0/s1. The molecule has 4 rings (SSSR count). The number of rotatable bonds is 4. The van der Waals surface area contributed by atoms with Gasteiger partial charge in [0.05, 0.1) is 15.1 Å². The third kappa shape index (κ3) is 3.36. The molecule has 0 bridgehead atoms. The number of benzene rings is 1. The van der Waals surface area contributed by atoms with Crippen LogP contribution in [0.3, 0.4) is 0 Å². The second-order valence-corrected chi connectivity index (χ2v) is 9.02. The maximum absolute atomic E-state index is 12.8. The van der Waals surface area contributed by atoms with Gasteiger partial charge in [0.1, 0.15) is 6.04 Å². The highest BCUT2D eigenvalue weighted by atomic mass is 32.2. The molecule has 26 heavy (non-hydrogen) atoms. The van der Waals surface area contributed by atoms with Crippen LogP contribution in [0, 0.1) is 0 Å². The summed E-state index contributed by atoms with van der Waals surface area (Å²) in [4.78, 5) is 32.3. The number of thioether (sulfide) groups is 1. The fourth-order valence-corrected chi connectivity index (χ4v) is 5.33. The SMILES string of the molecule is CSc1nc2ccc(NC(=O)[C@@H]3CCCN3C(=O)c3cccs3)cc2s1. The van der Waals surface area contributed by atoms with Crippen LogP contribution in [0.1, 0.15) is 22.5 Å². The van der Waals surface area contributed by atoms with Crippen LogP contribution < -0.4 is 5.32 Å². The van der Waals surface area contributed by atoms with Gasteiger partial charge in [-0.25, -0.2) is 4.98 Å². The van der Waals surface area contributed by atoms with Crippen LogP contribution in [0.25, 0.3) is 10.2 Å². The third-order valence-electron chi connectivity index (χ3n) is 4.36. The van der Waals surface area contributed by atoms with Gasteiger partial charge in [-0.1, -0.05) is 17.8 Å². The summed E-state index contributed by atoms with van der Waals surface area (Å²) in [5.41, 5.74) is 1.68. The summed E-state index contributed by atoms with van der Waals surface area (Å²) in [6, 6.07) is 8.99. The van der Waals surface area contributed by atoms with E-state index in [0.29, 0.717) is 17.8 Å². The number of anilines is 1. The van der Waals surface area contributed by atoms with Gasteiger partial charge in [-0.2, -0.15) is 0 Å². The number of thiophene rings is 1. The molecule has 0 spiro atoms. The Bertz CT molecular complexity index is 952. The molecular formula is C18H17N3O2S3. The first-order valence-electron chi connectivity index (χ1n) is 8.25. The van der Waals surface area contributed by atoms with E-state index in [1.807, 2.05) is 35.9 Å². The van der Waals surface area contributed by atoms with E-state index in [2.05, 4.69) is 10.3 Å². The third-order valence-corrected chi connectivity index (χ3v) is 7.22. The number of carbonyl (C=O) groups excluding carboxylic acids is 2. The number of amides is 2. The number of carbonyl (C=O) groups is 2. The smallest absolute Gasteiger partial charge is 0.264 e. The molecule has 5 nitrogen and oxygen atoms in total. The normalized spacial score (nSPS) is 17.0. The Hall–Kier alpha value is -1.90. The number of hydrogen-bond donors (Lipinski definition) is 1. The van der Waals surface area contributed by atoms with Crippen LogP contribution in [-0.4, -0.2) is 40.5 Å². The van der Waals surface area contributed by atoms with Crippen molar-refractivity contribution in [2.24, 2.45) is 0 Å². The summed E-state index contributed by atoms with van der Waals surface area (Å²) in [7, 11) is 0. The van der Waals surface area contributed by atoms with Crippen LogP contribution in [0.15, 0.2) is 40.1 Å². The van der Waals surface area contributed by atoms with Crippen LogP contribution in [-0.2, 0) is 4.79 Å². The van der Waals surface area contributed by atoms with Crippen molar-refractivity contribution in [3.05, 3.63) is 40.6 Å². The molecule has 1 aliphatic rings. The molecule has 2 amide bonds. The van der Waals surface area contributed by atoms with Crippen molar-refractivity contribution in [1.82, 2.24) is 9.88 Å². The molecule has 1 N–H and O–H groups in total. The summed E-state index contributed by atoms with van der Waals surface area (Å²) >= 11 is 4.64. The van der Waals surface area contributed by atoms with Gasteiger partial charge in [0.2, 0.25) is 5.91 Å². The number of aromatic nitrogens is 1. The minimum Gasteiger partial charge on any atom is -0.326 e. The zero-order chi connectivity index (χ0) is 18.1. The van der Waals surface area contributed by atoms with E-state index in [0.717, 1.165) is 26.7 Å². The Kier molecular flexibility index (Phi) is 4.97. The summed E-state index contributed by atoms with van der Waals surface area (Å²) in [5.74, 6) is -0.179. The van der Waals surface area contributed by atoms with Crippen LogP contribution in [0.5, 0.6) is 0 Å². The molecule has 1 aliphatic heterocycles. The quantitative estimate of drug-likeness (QED) is 0.659. The molecule has 1 atom stereocenters. The first-order valence-corrected chi connectivity index (χ1v) is 11.2. The summed E-state index contributed by atoms with van der Waals surface area (Å²) < 4.78 is 2.05. The molecule has 3 aromatic rings. The molecular weight excluding hydrogens is 386 g/mol. The fourth-order valence-electron chi connectivity index (χ4n) is 3.12. The van der Waals surface area contributed by atoms with Crippen molar-refractivity contribution < 1.29 is 9.59 Å². The highest BCUT2D eigenvalue weighted by molar-refractivity contribution is 8.00. The molecule has 0 unspecified atom stereocenters. The summed E-state index contributed by atoms with van der Waals surface area (Å²) in [6.45, 7) is 0.625. The Labute approximate surface area is 163 Å². The highest BCUT2D eigenvalue weighted by Gasteiger charge is 2.34. The van der Waals surface area contributed by atoms with Gasteiger partial charge >= 0.3 is 0 Å². The number of nitrogens with zero attached hydrogens (tertiary/aromatic N) is 2. The van der Waals surface area contributed by atoms with E-state index < -0.39 is 6.04 Å². The van der Waals surface area contributed by atoms with Crippen LogP contribution in [0.2, 0.25) is 0 Å². The lowest BCUT2D eigenvalue weighted by molar-refractivity contribution is -0.119. The van der Waals surface area contributed by atoms with Gasteiger partial charge in [-0.05, 0) is 48.7 Å². The molecule has 0 aliphatic carbocycles. The molecule has 1 aromatic carbocycles. The number of hydrogen-bond acceptors (Lipinski definition) is 6. The predicted molar refractivity (Wildman–Crippen MR) is 108 cm³/mol. The highest BCUT2D eigenvalue weighted by Crippen LogP contribution is 2.30. The molecule has 1 fully saturated rings. The van der Waals surface area contributed by atoms with E-state index in [9.17, 15) is 9.59 Å². The Morgan fingerprint density at radius 3 is 3.00 bits per heavy atom. The van der Waals surface area contributed by atoms with E-state index in [4.69, 9.17) is 0 Å². The molecule has 0 saturated carbocycles. The van der Waals surface area contributed by atoms with Crippen LogP contribution in [0.4, 0.5) is 5.69 Å². The molecule has 0 radical (unpaired) electrons. The van der Waals surface area contributed by atoms with Gasteiger partial charge in [0, 0.05) is 12.2 Å².